The topological polar surface area (TPSA) is 87.2 Å². The van der Waals surface area contributed by atoms with Crippen molar-refractivity contribution in [2.24, 2.45) is 0 Å². The van der Waals surface area contributed by atoms with Crippen LogP contribution in [0.5, 0.6) is 5.75 Å². The maximum absolute atomic E-state index is 13.1. The lowest BCUT2D eigenvalue weighted by atomic mass is 10.2. The number of sulfone groups is 1. The van der Waals surface area contributed by atoms with Gasteiger partial charge in [0.1, 0.15) is 5.75 Å². The molecule has 1 saturated heterocycles. The lowest BCUT2D eigenvalue weighted by Gasteiger charge is -2.36. The zero-order valence-electron chi connectivity index (χ0n) is 19.3. The van der Waals surface area contributed by atoms with Gasteiger partial charge in [-0.25, -0.2) is 8.42 Å². The molecular formula is C24H28BrN3O5S. The summed E-state index contributed by atoms with van der Waals surface area (Å²) in [5.74, 6) is 0.213. The molecule has 0 aliphatic carbocycles. The quantitative estimate of drug-likeness (QED) is 0.550. The van der Waals surface area contributed by atoms with Crippen LogP contribution >= 0.6 is 15.9 Å². The summed E-state index contributed by atoms with van der Waals surface area (Å²) in [5.41, 5.74) is 2.55. The molecule has 0 saturated carbocycles. The van der Waals surface area contributed by atoms with Crippen LogP contribution in [-0.4, -0.2) is 70.7 Å². The highest BCUT2D eigenvalue weighted by Crippen LogP contribution is 2.36. The third kappa shape index (κ3) is 4.93. The molecule has 2 heterocycles. The number of amides is 2. The highest BCUT2D eigenvalue weighted by atomic mass is 79.9. The smallest absolute Gasteiger partial charge is 0.223 e. The van der Waals surface area contributed by atoms with E-state index in [9.17, 15) is 18.0 Å². The minimum Gasteiger partial charge on any atom is -0.495 e. The van der Waals surface area contributed by atoms with E-state index in [1.165, 1.54) is 6.92 Å². The predicted octanol–water partition coefficient (Wildman–Crippen LogP) is 2.88. The maximum Gasteiger partial charge on any atom is 0.223 e. The van der Waals surface area contributed by atoms with Crippen molar-refractivity contribution >= 4 is 49.0 Å². The summed E-state index contributed by atoms with van der Waals surface area (Å²) in [6.45, 7) is 4.35. The summed E-state index contributed by atoms with van der Waals surface area (Å²) in [5, 5.41) is 0. The van der Waals surface area contributed by atoms with E-state index in [1.807, 2.05) is 24.3 Å². The monoisotopic (exact) mass is 549 g/mol. The van der Waals surface area contributed by atoms with Gasteiger partial charge in [-0.15, -0.1) is 0 Å². The Labute approximate surface area is 208 Å². The van der Waals surface area contributed by atoms with E-state index in [2.05, 4.69) is 20.8 Å². The molecule has 8 nitrogen and oxygen atoms in total. The van der Waals surface area contributed by atoms with Gasteiger partial charge in [-0.05, 0) is 52.2 Å². The fraction of sp³-hybridized carbons (Fsp3) is 0.417. The highest BCUT2D eigenvalue weighted by molar-refractivity contribution is 9.10. The number of carbonyl (C=O) groups excluding carboxylic acids is 2. The Balaban J connectivity index is 1.39. The number of benzene rings is 2. The van der Waals surface area contributed by atoms with Gasteiger partial charge in [0.15, 0.2) is 9.84 Å². The van der Waals surface area contributed by atoms with E-state index in [0.29, 0.717) is 49.3 Å². The van der Waals surface area contributed by atoms with Crippen molar-refractivity contribution in [1.29, 1.82) is 0 Å². The number of hydrogen-bond acceptors (Lipinski definition) is 6. The summed E-state index contributed by atoms with van der Waals surface area (Å²) >= 11 is 3.37. The number of piperazine rings is 1. The molecule has 1 fully saturated rings. The van der Waals surface area contributed by atoms with Crippen LogP contribution in [0.4, 0.5) is 11.4 Å². The number of hydrogen-bond donors (Lipinski definition) is 0. The molecule has 4 rings (SSSR count). The second kappa shape index (κ2) is 9.95. The number of fused-ring (bicyclic) bond motifs is 1. The first-order valence-electron chi connectivity index (χ1n) is 11.2. The second-order valence-corrected chi connectivity index (χ2v) is 11.4. The molecule has 2 amide bonds. The highest BCUT2D eigenvalue weighted by Gasteiger charge is 2.29. The minimum absolute atomic E-state index is 0.0864. The van der Waals surface area contributed by atoms with Gasteiger partial charge in [0.05, 0.1) is 23.4 Å². The third-order valence-electron chi connectivity index (χ3n) is 6.39. The van der Waals surface area contributed by atoms with E-state index in [-0.39, 0.29) is 28.9 Å². The Morgan fingerprint density at radius 3 is 2.41 bits per heavy atom. The molecule has 0 atom stereocenters. The Hall–Kier alpha value is -2.59. The molecule has 2 aliphatic rings. The van der Waals surface area contributed by atoms with Crippen LogP contribution in [-0.2, 0) is 25.8 Å². The molecule has 2 aromatic carbocycles. The number of carbonyl (C=O) groups is 2. The maximum atomic E-state index is 13.1. The standard InChI is InChI=1S/C24H28BrN3O5S/c1-17(29)28-9-7-18-15-19(25)23(16-21(18)28)34(31,32)14-8-24(30)27-12-10-26(11-13-27)20-5-3-4-6-22(20)33-2/h3-6,15-16H,7-14H2,1-2H3. The number of nitrogens with zero attached hydrogens (tertiary/aromatic N) is 3. The lowest BCUT2D eigenvalue weighted by molar-refractivity contribution is -0.131. The fourth-order valence-corrected chi connectivity index (χ4v) is 6.97. The Morgan fingerprint density at radius 1 is 1.03 bits per heavy atom. The number of methoxy groups -OCH3 is 1. The summed E-state index contributed by atoms with van der Waals surface area (Å²) in [7, 11) is -2.08. The van der Waals surface area contributed by atoms with Crippen LogP contribution in [0.1, 0.15) is 18.9 Å². The normalized spacial score (nSPS) is 15.9. The zero-order chi connectivity index (χ0) is 24.5. The average molecular weight is 550 g/mol. The lowest BCUT2D eigenvalue weighted by Crippen LogP contribution is -2.49. The van der Waals surface area contributed by atoms with Crippen molar-refractivity contribution in [1.82, 2.24) is 4.90 Å². The van der Waals surface area contributed by atoms with Crippen LogP contribution in [0, 0.1) is 0 Å². The van der Waals surface area contributed by atoms with Gasteiger partial charge in [0, 0.05) is 56.2 Å². The van der Waals surface area contributed by atoms with Gasteiger partial charge in [0.25, 0.3) is 0 Å². The fourth-order valence-electron chi connectivity index (χ4n) is 4.53. The zero-order valence-corrected chi connectivity index (χ0v) is 21.7. The van der Waals surface area contributed by atoms with Crippen LogP contribution in [0.2, 0.25) is 0 Å². The molecule has 2 aliphatic heterocycles. The van der Waals surface area contributed by atoms with E-state index in [1.54, 1.807) is 29.0 Å². The number of anilines is 2. The number of rotatable bonds is 6. The van der Waals surface area contributed by atoms with E-state index >= 15 is 0 Å². The average Bonchev–Trinajstić information content (AvgIpc) is 3.25. The predicted molar refractivity (Wildman–Crippen MR) is 134 cm³/mol. The van der Waals surface area contributed by atoms with Crippen LogP contribution < -0.4 is 14.5 Å². The third-order valence-corrected chi connectivity index (χ3v) is 9.05. The number of ether oxygens (including phenoxy) is 1. The Bertz CT molecular complexity index is 1210. The van der Waals surface area contributed by atoms with Gasteiger partial charge in [-0.2, -0.15) is 0 Å². The van der Waals surface area contributed by atoms with Crippen LogP contribution in [0.25, 0.3) is 0 Å². The van der Waals surface area contributed by atoms with Crippen molar-refractivity contribution in [3.63, 3.8) is 0 Å². The minimum atomic E-state index is -3.72. The molecule has 2 aromatic rings. The first kappa shape index (κ1) is 24.5. The molecule has 0 bridgehead atoms. The van der Waals surface area contributed by atoms with E-state index in [0.717, 1.165) is 17.0 Å². The first-order chi connectivity index (χ1) is 16.2. The summed E-state index contributed by atoms with van der Waals surface area (Å²) in [6, 6.07) is 11.1. The SMILES string of the molecule is COc1ccccc1N1CCN(C(=O)CCS(=O)(=O)c2cc3c(cc2Br)CCN3C(C)=O)CC1. The molecule has 0 radical (unpaired) electrons. The van der Waals surface area contributed by atoms with Gasteiger partial charge in [0.2, 0.25) is 11.8 Å². The van der Waals surface area contributed by atoms with Crippen molar-refractivity contribution in [2.45, 2.75) is 24.7 Å². The molecule has 0 N–H and O–H groups in total. The second-order valence-electron chi connectivity index (χ2n) is 8.44. The van der Waals surface area contributed by atoms with Crippen molar-refractivity contribution in [2.75, 3.05) is 55.4 Å². The summed E-state index contributed by atoms with van der Waals surface area (Å²) < 4.78 is 32.1. The van der Waals surface area contributed by atoms with Crippen LogP contribution in [0.15, 0.2) is 45.8 Å². The van der Waals surface area contributed by atoms with Gasteiger partial charge in [-0.3, -0.25) is 9.59 Å². The molecule has 0 aromatic heterocycles. The molecular weight excluding hydrogens is 522 g/mol. The van der Waals surface area contributed by atoms with Gasteiger partial charge in [-0.1, -0.05) is 12.1 Å². The Kier molecular flexibility index (Phi) is 7.18. The van der Waals surface area contributed by atoms with Gasteiger partial charge >= 0.3 is 0 Å². The molecule has 34 heavy (non-hydrogen) atoms. The van der Waals surface area contributed by atoms with Gasteiger partial charge < -0.3 is 19.4 Å². The molecule has 0 unspecified atom stereocenters. The van der Waals surface area contributed by atoms with Crippen molar-refractivity contribution < 1.29 is 22.7 Å². The molecule has 10 heteroatoms. The van der Waals surface area contributed by atoms with Crippen molar-refractivity contribution in [3.8, 4) is 5.75 Å². The summed E-state index contributed by atoms with van der Waals surface area (Å²) in [6.07, 6.45) is 0.601. The largest absolute Gasteiger partial charge is 0.495 e. The molecule has 182 valence electrons. The van der Waals surface area contributed by atoms with E-state index < -0.39 is 9.84 Å². The molecule has 0 spiro atoms. The number of para-hydroxylation sites is 2. The number of halogens is 1. The Morgan fingerprint density at radius 2 is 1.74 bits per heavy atom. The van der Waals surface area contributed by atoms with E-state index in [4.69, 9.17) is 4.74 Å². The first-order valence-corrected chi connectivity index (χ1v) is 13.6. The summed E-state index contributed by atoms with van der Waals surface area (Å²) in [4.78, 5) is 30.3. The van der Waals surface area contributed by atoms with Crippen molar-refractivity contribution in [3.05, 3.63) is 46.4 Å². The van der Waals surface area contributed by atoms with Crippen LogP contribution in [0.3, 0.4) is 0 Å².